The third kappa shape index (κ3) is 7.25. The van der Waals surface area contributed by atoms with Crippen LogP contribution in [0.15, 0.2) is 43.0 Å². The predicted molar refractivity (Wildman–Crippen MR) is 111 cm³/mol. The molecule has 7 heteroatoms. The molecule has 0 spiro atoms. The molecule has 1 aromatic rings. The van der Waals surface area contributed by atoms with Gasteiger partial charge >= 0.3 is 12.1 Å². The van der Waals surface area contributed by atoms with Crippen LogP contribution in [0.5, 0.6) is 0 Å². The van der Waals surface area contributed by atoms with Gasteiger partial charge in [-0.15, -0.1) is 0 Å². The lowest BCUT2D eigenvalue weighted by Gasteiger charge is -2.34. The van der Waals surface area contributed by atoms with Gasteiger partial charge in [0.25, 0.3) is 0 Å². The Morgan fingerprint density at radius 1 is 1.17 bits per heavy atom. The van der Waals surface area contributed by atoms with Gasteiger partial charge in [-0.2, -0.15) is 0 Å². The average molecular weight is 406 g/mol. The summed E-state index contributed by atoms with van der Waals surface area (Å²) >= 11 is 0. The molecule has 0 fully saturated rings. The van der Waals surface area contributed by atoms with Gasteiger partial charge in [-0.1, -0.05) is 56.8 Å². The summed E-state index contributed by atoms with van der Waals surface area (Å²) < 4.78 is 17.9. The van der Waals surface area contributed by atoms with E-state index in [1.807, 2.05) is 44.2 Å². The summed E-state index contributed by atoms with van der Waals surface area (Å²) in [6, 6.07) is 7.35. The minimum absolute atomic E-state index is 0.0205. The maximum Gasteiger partial charge on any atom is 0.410 e. The van der Waals surface area contributed by atoms with Gasteiger partial charge in [-0.25, -0.2) is 9.59 Å². The molecule has 0 heterocycles. The molecule has 0 saturated heterocycles. The van der Waals surface area contributed by atoms with Crippen molar-refractivity contribution >= 4 is 18.0 Å². The molecule has 0 unspecified atom stereocenters. The van der Waals surface area contributed by atoms with Crippen molar-refractivity contribution in [2.24, 2.45) is 5.92 Å². The smallest absolute Gasteiger partial charge is 0.410 e. The molecule has 0 saturated carbocycles. The van der Waals surface area contributed by atoms with Gasteiger partial charge in [0, 0.05) is 21.9 Å². The molecule has 0 aliphatic carbocycles. The maximum absolute atomic E-state index is 13.4. The summed E-state index contributed by atoms with van der Waals surface area (Å²) in [5.41, 5.74) is 0.832. The summed E-state index contributed by atoms with van der Waals surface area (Å²) in [6.07, 6.45) is 1.33. The number of benzene rings is 1. The molecule has 1 aromatic carbocycles. The van der Waals surface area contributed by atoms with E-state index < -0.39 is 37.1 Å². The van der Waals surface area contributed by atoms with Crippen LogP contribution in [0.3, 0.4) is 0 Å². The summed E-state index contributed by atoms with van der Waals surface area (Å²) in [7, 11) is 2.27. The van der Waals surface area contributed by atoms with Crippen LogP contribution in [-0.4, -0.2) is 67.6 Å². The predicted octanol–water partition coefficient (Wildman–Crippen LogP) is 2.90. The Kier molecular flexibility index (Phi) is 9.21. The highest BCUT2D eigenvalue weighted by Gasteiger charge is 2.36. The fourth-order valence-corrected chi connectivity index (χ4v) is 2.87. The van der Waals surface area contributed by atoms with Gasteiger partial charge in [0.15, 0.2) is 0 Å². The van der Waals surface area contributed by atoms with Crippen LogP contribution in [-0.2, 0) is 25.5 Å². The maximum atomic E-state index is 13.4. The van der Waals surface area contributed by atoms with Crippen molar-refractivity contribution in [1.82, 2.24) is 9.80 Å². The van der Waals surface area contributed by atoms with Gasteiger partial charge in [-0.3, -0.25) is 9.69 Å². The van der Waals surface area contributed by atoms with Crippen LogP contribution in [0.1, 0.15) is 27.2 Å². The highest BCUT2D eigenvalue weighted by Crippen LogP contribution is 2.17. The van der Waals surface area contributed by atoms with Gasteiger partial charge in [-0.05, 0) is 17.9 Å². The standard InChI is InChI=1S/C22H32N2O5/c1-7-13-29-22(27)24(5)18(14-16(2)3)20(25)23(4)19(21(26)28-6)15-17-11-9-8-10-12-17/h7-12,16,18-19H,1,13-15H2,2-6H3/t18-,19-/m0/s1/i4D. The molecule has 0 aliphatic rings. The molecule has 29 heavy (non-hydrogen) atoms. The second-order valence-electron chi connectivity index (χ2n) is 7.16. The molecular weight excluding hydrogens is 372 g/mol. The minimum atomic E-state index is -0.977. The lowest BCUT2D eigenvalue weighted by Crippen LogP contribution is -2.54. The van der Waals surface area contributed by atoms with E-state index in [1.54, 1.807) is 0 Å². The number of likely N-dealkylation sites (N-methyl/N-ethyl adjacent to an activating group) is 2. The first-order chi connectivity index (χ1) is 14.3. The van der Waals surface area contributed by atoms with Gasteiger partial charge in [0.05, 0.1) is 7.11 Å². The van der Waals surface area contributed by atoms with Crippen LogP contribution in [0, 0.1) is 5.92 Å². The van der Waals surface area contributed by atoms with Crippen molar-refractivity contribution in [1.29, 1.82) is 0 Å². The van der Waals surface area contributed by atoms with Crippen molar-refractivity contribution in [2.75, 3.05) is 27.8 Å². The number of rotatable bonds is 10. The lowest BCUT2D eigenvalue weighted by atomic mass is 9.99. The van der Waals surface area contributed by atoms with Crippen molar-refractivity contribution < 1.29 is 25.2 Å². The molecule has 160 valence electrons. The third-order valence-corrected chi connectivity index (χ3v) is 4.46. The fraction of sp³-hybridized carbons (Fsp3) is 0.500. The van der Waals surface area contributed by atoms with Crippen molar-refractivity contribution in [3.63, 3.8) is 0 Å². The number of esters is 1. The lowest BCUT2D eigenvalue weighted by molar-refractivity contribution is -0.153. The van der Waals surface area contributed by atoms with Crippen LogP contribution in [0.4, 0.5) is 4.79 Å². The first kappa shape index (κ1) is 22.5. The first-order valence-electron chi connectivity index (χ1n) is 10.2. The van der Waals surface area contributed by atoms with E-state index in [-0.39, 0.29) is 18.9 Å². The number of carbonyl (C=O) groups excluding carboxylic acids is 3. The number of nitrogens with zero attached hydrogens (tertiary/aromatic N) is 2. The molecule has 0 aliphatic heterocycles. The Morgan fingerprint density at radius 3 is 2.34 bits per heavy atom. The molecule has 1 rings (SSSR count). The van der Waals surface area contributed by atoms with Crippen LogP contribution >= 0.6 is 0 Å². The monoisotopic (exact) mass is 405 g/mol. The Bertz CT molecular complexity index is 711. The Labute approximate surface area is 174 Å². The molecular formula is C22H32N2O5. The summed E-state index contributed by atoms with van der Waals surface area (Å²) in [5.74, 6) is -1.02. The van der Waals surface area contributed by atoms with E-state index in [9.17, 15) is 14.4 Å². The Balaban J connectivity index is 3.20. The molecule has 0 radical (unpaired) electrons. The molecule has 2 amide bonds. The molecule has 0 bridgehead atoms. The number of hydrogen-bond donors (Lipinski definition) is 0. The Hall–Kier alpha value is -2.83. The topological polar surface area (TPSA) is 76.2 Å². The van der Waals surface area contributed by atoms with E-state index in [4.69, 9.17) is 10.8 Å². The number of methoxy groups -OCH3 is 1. The Morgan fingerprint density at radius 2 is 1.83 bits per heavy atom. The van der Waals surface area contributed by atoms with Crippen LogP contribution < -0.4 is 0 Å². The second-order valence-corrected chi connectivity index (χ2v) is 7.16. The SMILES string of the molecule is [2H]CN(C(=O)[C@H](CC(C)C)N(C)C(=O)OCC=C)[C@@H](Cc1ccccc1)C(=O)OC. The summed E-state index contributed by atoms with van der Waals surface area (Å²) in [4.78, 5) is 40.6. The van der Waals surface area contributed by atoms with Gasteiger partial charge in [0.2, 0.25) is 5.91 Å². The van der Waals surface area contributed by atoms with Crippen molar-refractivity contribution in [2.45, 2.75) is 38.8 Å². The third-order valence-electron chi connectivity index (χ3n) is 4.46. The fourth-order valence-electron chi connectivity index (χ4n) is 2.87. The largest absolute Gasteiger partial charge is 0.467 e. The quantitative estimate of drug-likeness (QED) is 0.442. The van der Waals surface area contributed by atoms with Crippen molar-refractivity contribution in [3.8, 4) is 0 Å². The van der Waals surface area contributed by atoms with Crippen LogP contribution in [0.2, 0.25) is 0 Å². The first-order valence-corrected chi connectivity index (χ1v) is 9.48. The number of ether oxygens (including phenoxy) is 2. The van der Waals surface area contributed by atoms with Crippen molar-refractivity contribution in [3.05, 3.63) is 48.6 Å². The average Bonchev–Trinajstić information content (AvgIpc) is 2.74. The molecule has 0 N–H and O–H groups in total. The zero-order chi connectivity index (χ0) is 22.7. The molecule has 7 nitrogen and oxygen atoms in total. The summed E-state index contributed by atoms with van der Waals surface area (Å²) in [6.45, 7) is 7.38. The number of amides is 2. The van der Waals surface area contributed by atoms with E-state index in [1.165, 1.54) is 25.1 Å². The van der Waals surface area contributed by atoms with E-state index in [2.05, 4.69) is 6.58 Å². The summed E-state index contributed by atoms with van der Waals surface area (Å²) in [5, 5.41) is 0. The molecule has 0 aromatic heterocycles. The zero-order valence-electron chi connectivity index (χ0n) is 18.7. The van der Waals surface area contributed by atoms with E-state index >= 15 is 0 Å². The zero-order valence-corrected chi connectivity index (χ0v) is 17.7. The molecule has 2 atom stereocenters. The normalized spacial score (nSPS) is 13.1. The number of carbonyl (C=O) groups is 3. The second kappa shape index (κ2) is 11.9. The van der Waals surface area contributed by atoms with E-state index in [0.717, 1.165) is 10.5 Å². The number of hydrogen-bond acceptors (Lipinski definition) is 5. The highest BCUT2D eigenvalue weighted by molar-refractivity contribution is 5.89. The highest BCUT2D eigenvalue weighted by atomic mass is 16.6. The van der Waals surface area contributed by atoms with Gasteiger partial charge in [0.1, 0.15) is 18.7 Å². The van der Waals surface area contributed by atoms with Gasteiger partial charge < -0.3 is 14.4 Å². The van der Waals surface area contributed by atoms with E-state index in [0.29, 0.717) is 6.42 Å². The minimum Gasteiger partial charge on any atom is -0.467 e. The van der Waals surface area contributed by atoms with Crippen LogP contribution in [0.25, 0.3) is 0 Å².